The lowest BCUT2D eigenvalue weighted by Crippen LogP contribution is -2.44. The van der Waals surface area contributed by atoms with Gasteiger partial charge in [-0.3, -0.25) is 9.59 Å². The van der Waals surface area contributed by atoms with E-state index < -0.39 is 0 Å². The van der Waals surface area contributed by atoms with Gasteiger partial charge in [0.2, 0.25) is 5.91 Å². The van der Waals surface area contributed by atoms with Gasteiger partial charge in [0, 0.05) is 42.3 Å². The normalized spacial score (nSPS) is 11.2. The first-order chi connectivity index (χ1) is 19.9. The number of aromatic amines is 1. The Kier molecular flexibility index (Phi) is 8.68. The minimum atomic E-state index is -0.126. The number of rotatable bonds is 11. The molecule has 1 N–H and O–H groups in total. The Balaban J connectivity index is 1.38. The summed E-state index contributed by atoms with van der Waals surface area (Å²) >= 11 is 0. The average Bonchev–Trinajstić information content (AvgIpc) is 3.41. The van der Waals surface area contributed by atoms with Crippen molar-refractivity contribution in [3.8, 4) is 5.75 Å². The Morgan fingerprint density at radius 3 is 2.34 bits per heavy atom. The summed E-state index contributed by atoms with van der Waals surface area (Å²) in [5.74, 6) is 0.789. The summed E-state index contributed by atoms with van der Waals surface area (Å²) < 4.78 is 5.32. The fourth-order valence-corrected chi connectivity index (χ4v) is 5.27. The van der Waals surface area contributed by atoms with Crippen molar-refractivity contribution in [3.63, 3.8) is 0 Å². The van der Waals surface area contributed by atoms with Gasteiger partial charge in [0.1, 0.15) is 12.3 Å². The first-order valence-corrected chi connectivity index (χ1v) is 14.1. The van der Waals surface area contributed by atoms with Crippen molar-refractivity contribution >= 4 is 33.5 Å². The van der Waals surface area contributed by atoms with Crippen molar-refractivity contribution in [1.82, 2.24) is 14.8 Å². The first kappa shape index (κ1) is 28.0. The zero-order valence-corrected chi connectivity index (χ0v) is 24.0. The highest BCUT2D eigenvalue weighted by Gasteiger charge is 2.24. The van der Waals surface area contributed by atoms with Crippen LogP contribution in [0.1, 0.15) is 35.3 Å². The third kappa shape index (κ3) is 6.77. The third-order valence-corrected chi connectivity index (χ3v) is 7.41. The van der Waals surface area contributed by atoms with Crippen LogP contribution >= 0.6 is 0 Å². The molecule has 0 radical (unpaired) electrons. The highest BCUT2D eigenvalue weighted by atomic mass is 16.5. The predicted octanol–water partition coefficient (Wildman–Crippen LogP) is 6.70. The quantitative estimate of drug-likeness (QED) is 0.200. The molecule has 0 unspecified atom stereocenters. The highest BCUT2D eigenvalue weighted by molar-refractivity contribution is 6.00. The van der Waals surface area contributed by atoms with E-state index in [0.29, 0.717) is 31.6 Å². The van der Waals surface area contributed by atoms with E-state index in [1.54, 1.807) is 12.0 Å². The molecule has 0 spiro atoms. The van der Waals surface area contributed by atoms with E-state index in [-0.39, 0.29) is 24.3 Å². The van der Waals surface area contributed by atoms with Crippen LogP contribution in [-0.4, -0.2) is 53.3 Å². The van der Waals surface area contributed by atoms with Crippen molar-refractivity contribution in [3.05, 3.63) is 114 Å². The minimum Gasteiger partial charge on any atom is -0.497 e. The van der Waals surface area contributed by atoms with Crippen LogP contribution in [0.2, 0.25) is 0 Å². The SMILES string of the molecule is COc1ccc(CN(CCc2c[nH]c3ccccc23)C(=O)CN(CC(C)C)C(=O)c2ccc3ccccc3c2)cc1. The molecule has 5 rings (SSSR count). The summed E-state index contributed by atoms with van der Waals surface area (Å²) in [6.07, 6.45) is 2.73. The maximum absolute atomic E-state index is 13.9. The number of hydrogen-bond acceptors (Lipinski definition) is 3. The number of ether oxygens (including phenoxy) is 1. The molecule has 0 saturated carbocycles. The lowest BCUT2D eigenvalue weighted by atomic mass is 10.1. The third-order valence-electron chi connectivity index (χ3n) is 7.41. The molecule has 0 saturated heterocycles. The van der Waals surface area contributed by atoms with Crippen LogP contribution in [0.4, 0.5) is 0 Å². The molecule has 5 aromatic rings. The van der Waals surface area contributed by atoms with Crippen LogP contribution < -0.4 is 4.74 Å². The Hall–Kier alpha value is -4.58. The number of methoxy groups -OCH3 is 1. The Bertz CT molecular complexity index is 1640. The van der Waals surface area contributed by atoms with Gasteiger partial charge in [-0.2, -0.15) is 0 Å². The molecule has 0 fully saturated rings. The summed E-state index contributed by atoms with van der Waals surface area (Å²) in [5.41, 5.74) is 3.85. The van der Waals surface area contributed by atoms with Gasteiger partial charge in [-0.1, -0.05) is 74.5 Å². The van der Waals surface area contributed by atoms with E-state index in [2.05, 4.69) is 31.0 Å². The van der Waals surface area contributed by atoms with Crippen LogP contribution in [0.5, 0.6) is 5.75 Å². The number of H-pyrrole nitrogens is 1. The predicted molar refractivity (Wildman–Crippen MR) is 165 cm³/mol. The number of para-hydroxylation sites is 1. The summed E-state index contributed by atoms with van der Waals surface area (Å²) in [6.45, 7) is 5.63. The molecular formula is C35H37N3O3. The van der Waals surface area contributed by atoms with Crippen molar-refractivity contribution in [2.24, 2.45) is 5.92 Å². The molecule has 4 aromatic carbocycles. The van der Waals surface area contributed by atoms with Gasteiger partial charge in [-0.25, -0.2) is 0 Å². The van der Waals surface area contributed by atoms with Crippen molar-refractivity contribution < 1.29 is 14.3 Å². The summed E-state index contributed by atoms with van der Waals surface area (Å²) in [7, 11) is 1.64. The maximum Gasteiger partial charge on any atom is 0.254 e. The fraction of sp³-hybridized carbons (Fsp3) is 0.257. The van der Waals surface area contributed by atoms with Crippen LogP contribution in [-0.2, 0) is 17.8 Å². The van der Waals surface area contributed by atoms with E-state index in [1.165, 1.54) is 5.56 Å². The molecular weight excluding hydrogens is 510 g/mol. The first-order valence-electron chi connectivity index (χ1n) is 14.1. The van der Waals surface area contributed by atoms with Crippen molar-refractivity contribution in [2.75, 3.05) is 26.7 Å². The summed E-state index contributed by atoms with van der Waals surface area (Å²) in [5, 5.41) is 3.25. The molecule has 0 aliphatic rings. The zero-order valence-electron chi connectivity index (χ0n) is 24.0. The summed E-state index contributed by atoms with van der Waals surface area (Å²) in [6, 6.07) is 29.7. The number of aromatic nitrogens is 1. The molecule has 6 heteroatoms. The number of amides is 2. The van der Waals surface area contributed by atoms with Gasteiger partial charge in [0.25, 0.3) is 5.91 Å². The smallest absolute Gasteiger partial charge is 0.254 e. The van der Waals surface area contributed by atoms with Gasteiger partial charge in [-0.05, 0) is 64.6 Å². The largest absolute Gasteiger partial charge is 0.497 e. The van der Waals surface area contributed by atoms with Crippen LogP contribution in [0, 0.1) is 5.92 Å². The van der Waals surface area contributed by atoms with Gasteiger partial charge in [0.05, 0.1) is 7.11 Å². The molecule has 6 nitrogen and oxygen atoms in total. The van der Waals surface area contributed by atoms with Crippen LogP contribution in [0.15, 0.2) is 97.2 Å². The van der Waals surface area contributed by atoms with Gasteiger partial charge in [0.15, 0.2) is 0 Å². The van der Waals surface area contributed by atoms with E-state index in [4.69, 9.17) is 4.74 Å². The van der Waals surface area contributed by atoms with Crippen molar-refractivity contribution in [1.29, 1.82) is 0 Å². The number of carbonyl (C=O) groups is 2. The Labute approximate surface area is 241 Å². The number of fused-ring (bicyclic) bond motifs is 2. The number of hydrogen-bond donors (Lipinski definition) is 1. The minimum absolute atomic E-state index is 0.0217. The second kappa shape index (κ2) is 12.7. The summed E-state index contributed by atoms with van der Waals surface area (Å²) in [4.78, 5) is 34.6. The van der Waals surface area contributed by atoms with Gasteiger partial charge < -0.3 is 19.5 Å². The molecule has 1 aromatic heterocycles. The molecule has 1 heterocycles. The average molecular weight is 548 g/mol. The molecule has 0 atom stereocenters. The van der Waals surface area contributed by atoms with E-state index in [0.717, 1.165) is 33.0 Å². The highest BCUT2D eigenvalue weighted by Crippen LogP contribution is 2.21. The fourth-order valence-electron chi connectivity index (χ4n) is 5.27. The Morgan fingerprint density at radius 2 is 1.59 bits per heavy atom. The van der Waals surface area contributed by atoms with Crippen LogP contribution in [0.25, 0.3) is 21.7 Å². The van der Waals surface area contributed by atoms with Crippen LogP contribution in [0.3, 0.4) is 0 Å². The second-order valence-electron chi connectivity index (χ2n) is 10.9. The molecule has 0 bridgehead atoms. The standard InChI is InChI=1S/C35H37N3O3/c1-25(2)22-38(35(40)29-15-14-27-8-4-5-9-28(27)20-29)24-34(39)37(23-26-12-16-31(41-3)17-13-26)19-18-30-21-36-33-11-7-6-10-32(30)33/h4-17,20-21,25,36H,18-19,22-24H2,1-3H3. The monoisotopic (exact) mass is 547 g/mol. The van der Waals surface area contributed by atoms with E-state index in [9.17, 15) is 9.59 Å². The van der Waals surface area contributed by atoms with E-state index in [1.807, 2.05) is 90.0 Å². The molecule has 41 heavy (non-hydrogen) atoms. The number of benzene rings is 4. The second-order valence-corrected chi connectivity index (χ2v) is 10.9. The topological polar surface area (TPSA) is 65.6 Å². The molecule has 2 amide bonds. The lowest BCUT2D eigenvalue weighted by molar-refractivity contribution is -0.132. The van der Waals surface area contributed by atoms with Gasteiger partial charge in [-0.15, -0.1) is 0 Å². The lowest BCUT2D eigenvalue weighted by Gasteiger charge is -2.29. The number of nitrogens with one attached hydrogen (secondary N) is 1. The molecule has 210 valence electrons. The van der Waals surface area contributed by atoms with E-state index >= 15 is 0 Å². The number of carbonyl (C=O) groups excluding carboxylic acids is 2. The zero-order chi connectivity index (χ0) is 28.8. The van der Waals surface area contributed by atoms with Crippen molar-refractivity contribution in [2.45, 2.75) is 26.8 Å². The molecule has 0 aliphatic carbocycles. The molecule has 0 aliphatic heterocycles. The number of nitrogens with zero attached hydrogens (tertiary/aromatic N) is 2. The van der Waals surface area contributed by atoms with Gasteiger partial charge >= 0.3 is 0 Å². The maximum atomic E-state index is 13.9. The Morgan fingerprint density at radius 1 is 0.854 bits per heavy atom.